The van der Waals surface area contributed by atoms with Gasteiger partial charge < -0.3 is 5.11 Å². The summed E-state index contributed by atoms with van der Waals surface area (Å²) in [5, 5.41) is 11.3. The first-order chi connectivity index (χ1) is 11.7. The van der Waals surface area contributed by atoms with Gasteiger partial charge in [-0.2, -0.15) is 0 Å². The second kappa shape index (κ2) is 6.27. The lowest BCUT2D eigenvalue weighted by atomic mass is 10.1. The fourth-order valence-corrected chi connectivity index (χ4v) is 2.99. The van der Waals surface area contributed by atoms with Crippen LogP contribution in [-0.4, -0.2) is 35.7 Å². The van der Waals surface area contributed by atoms with Crippen molar-refractivity contribution in [3.63, 3.8) is 0 Å². The molecule has 1 N–H and O–H groups in total. The van der Waals surface area contributed by atoms with Gasteiger partial charge in [0.05, 0.1) is 5.69 Å². The molecule has 0 radical (unpaired) electrons. The highest BCUT2D eigenvalue weighted by Gasteiger charge is 2.22. The molecule has 8 heteroatoms. The molecule has 3 aromatic heterocycles. The van der Waals surface area contributed by atoms with Crippen LogP contribution in [0, 0.1) is 0 Å². The molecule has 3 rings (SSSR count). The van der Waals surface area contributed by atoms with Gasteiger partial charge in [-0.25, -0.2) is 24.3 Å². The number of hydrogen-bond acceptors (Lipinski definition) is 6. The first kappa shape index (κ1) is 17.6. The summed E-state index contributed by atoms with van der Waals surface area (Å²) in [5.41, 5.74) is -0.207. The second-order valence-electron chi connectivity index (χ2n) is 6.59. The zero-order valence-electron chi connectivity index (χ0n) is 14.9. The van der Waals surface area contributed by atoms with Crippen molar-refractivity contribution in [2.45, 2.75) is 44.5 Å². The Labute approximate surface area is 149 Å². The van der Waals surface area contributed by atoms with Gasteiger partial charge in [-0.15, -0.1) is 0 Å². The Hall–Kier alpha value is -2.19. The molecule has 0 aromatic carbocycles. The van der Waals surface area contributed by atoms with Gasteiger partial charge >= 0.3 is 0 Å². The number of rotatable bonds is 4. The Morgan fingerprint density at radius 2 is 1.96 bits per heavy atom. The lowest BCUT2D eigenvalue weighted by Crippen LogP contribution is -2.25. The monoisotopic (exact) mass is 359 g/mol. The molecule has 0 atom stereocenters. The third-order valence-corrected chi connectivity index (χ3v) is 4.41. The predicted molar refractivity (Wildman–Crippen MR) is 98.3 cm³/mol. The van der Waals surface area contributed by atoms with Crippen molar-refractivity contribution in [3.8, 4) is 5.82 Å². The van der Waals surface area contributed by atoms with E-state index in [0.717, 1.165) is 0 Å². The molecule has 0 aliphatic carbocycles. The van der Waals surface area contributed by atoms with Crippen LogP contribution >= 0.6 is 11.8 Å². The lowest BCUT2D eigenvalue weighted by Gasteiger charge is -2.19. The summed E-state index contributed by atoms with van der Waals surface area (Å²) in [7, 11) is 0. The van der Waals surface area contributed by atoms with Crippen LogP contribution in [0.15, 0.2) is 34.3 Å². The summed E-state index contributed by atoms with van der Waals surface area (Å²) in [6, 6.07) is 5.28. The first-order valence-electron chi connectivity index (χ1n) is 7.98. The van der Waals surface area contributed by atoms with E-state index in [4.69, 9.17) is 0 Å². The second-order valence-corrected chi connectivity index (χ2v) is 7.36. The average Bonchev–Trinajstić information content (AvgIpc) is 2.86. The zero-order chi connectivity index (χ0) is 18.4. The summed E-state index contributed by atoms with van der Waals surface area (Å²) in [4.78, 5) is 26.1. The Kier molecular flexibility index (Phi) is 4.42. The van der Waals surface area contributed by atoms with Gasteiger partial charge in [0.2, 0.25) is 0 Å². The Morgan fingerprint density at radius 1 is 1.24 bits per heavy atom. The minimum Gasteiger partial charge on any atom is -0.384 e. The Bertz CT molecular complexity index is 985. The van der Waals surface area contributed by atoms with Gasteiger partial charge in [0.25, 0.3) is 5.56 Å². The first-order valence-corrected chi connectivity index (χ1v) is 9.21. The molecule has 132 valence electrons. The van der Waals surface area contributed by atoms with E-state index in [0.29, 0.717) is 27.7 Å². The summed E-state index contributed by atoms with van der Waals surface area (Å²) < 4.78 is 3.32. The van der Waals surface area contributed by atoms with E-state index in [1.54, 1.807) is 41.5 Å². The van der Waals surface area contributed by atoms with E-state index in [2.05, 4.69) is 15.0 Å². The highest BCUT2D eigenvalue weighted by Crippen LogP contribution is 2.22. The summed E-state index contributed by atoms with van der Waals surface area (Å²) in [6.45, 7) is 7.21. The van der Waals surface area contributed by atoms with Crippen LogP contribution in [0.1, 0.15) is 39.4 Å². The highest BCUT2D eigenvalue weighted by atomic mass is 32.2. The molecule has 0 spiro atoms. The minimum absolute atomic E-state index is 0.0907. The number of fused-ring (bicyclic) bond motifs is 1. The van der Waals surface area contributed by atoms with Crippen LogP contribution in [0.25, 0.3) is 16.9 Å². The lowest BCUT2D eigenvalue weighted by molar-refractivity contribution is 0.0738. The van der Waals surface area contributed by atoms with Crippen molar-refractivity contribution in [2.75, 3.05) is 6.26 Å². The predicted octanol–water partition coefficient (Wildman–Crippen LogP) is 2.51. The highest BCUT2D eigenvalue weighted by molar-refractivity contribution is 7.98. The van der Waals surface area contributed by atoms with E-state index in [9.17, 15) is 9.90 Å². The van der Waals surface area contributed by atoms with Crippen LogP contribution < -0.4 is 5.56 Å². The van der Waals surface area contributed by atoms with Crippen molar-refractivity contribution in [1.82, 2.24) is 24.3 Å². The maximum Gasteiger partial charge on any atom is 0.278 e. The molecule has 25 heavy (non-hydrogen) atoms. The number of hydrogen-bond donors (Lipinski definition) is 1. The van der Waals surface area contributed by atoms with Crippen molar-refractivity contribution in [1.29, 1.82) is 0 Å². The summed E-state index contributed by atoms with van der Waals surface area (Å²) in [6.07, 6.45) is 3.45. The van der Waals surface area contributed by atoms with E-state index in [1.165, 1.54) is 11.8 Å². The molecule has 3 heterocycles. The molecule has 0 fully saturated rings. The van der Waals surface area contributed by atoms with E-state index in [-0.39, 0.29) is 11.6 Å². The standard InChI is InChI=1S/C17H21N5O2S/c1-10(2)21-15(23)11-9-18-16(25-5)20-14(11)22(21)13-8-6-7-12(19-13)17(3,4)24/h6-10,24H,1-5H3. The minimum atomic E-state index is -1.08. The van der Waals surface area contributed by atoms with Crippen molar-refractivity contribution in [3.05, 3.63) is 40.4 Å². The van der Waals surface area contributed by atoms with E-state index >= 15 is 0 Å². The average molecular weight is 359 g/mol. The van der Waals surface area contributed by atoms with Gasteiger partial charge in [-0.1, -0.05) is 17.8 Å². The largest absolute Gasteiger partial charge is 0.384 e. The van der Waals surface area contributed by atoms with Gasteiger partial charge in [-0.3, -0.25) is 4.79 Å². The number of aromatic nitrogens is 5. The smallest absolute Gasteiger partial charge is 0.278 e. The van der Waals surface area contributed by atoms with Gasteiger partial charge in [-0.05, 0) is 46.1 Å². The van der Waals surface area contributed by atoms with Crippen LogP contribution in [0.2, 0.25) is 0 Å². The fraction of sp³-hybridized carbons (Fsp3) is 0.412. The number of aliphatic hydroxyl groups is 1. The van der Waals surface area contributed by atoms with E-state index in [1.807, 2.05) is 26.2 Å². The summed E-state index contributed by atoms with van der Waals surface area (Å²) >= 11 is 1.41. The molecule has 0 aliphatic rings. The normalized spacial score (nSPS) is 12.3. The molecule has 0 unspecified atom stereocenters. The van der Waals surface area contributed by atoms with Crippen LogP contribution in [-0.2, 0) is 5.60 Å². The van der Waals surface area contributed by atoms with Crippen molar-refractivity contribution >= 4 is 22.8 Å². The van der Waals surface area contributed by atoms with Crippen LogP contribution in [0.5, 0.6) is 0 Å². The van der Waals surface area contributed by atoms with Gasteiger partial charge in [0.15, 0.2) is 16.6 Å². The molecular formula is C17H21N5O2S. The van der Waals surface area contributed by atoms with Crippen LogP contribution in [0.4, 0.5) is 0 Å². The fourth-order valence-electron chi connectivity index (χ4n) is 2.65. The van der Waals surface area contributed by atoms with Gasteiger partial charge in [0.1, 0.15) is 11.0 Å². The van der Waals surface area contributed by atoms with Crippen molar-refractivity contribution < 1.29 is 5.11 Å². The summed E-state index contributed by atoms with van der Waals surface area (Å²) in [5.74, 6) is 0.533. The Morgan fingerprint density at radius 3 is 2.56 bits per heavy atom. The van der Waals surface area contributed by atoms with E-state index < -0.39 is 5.60 Å². The number of pyridine rings is 1. The molecule has 0 aliphatic heterocycles. The van der Waals surface area contributed by atoms with Crippen molar-refractivity contribution in [2.24, 2.45) is 0 Å². The number of thioether (sulfide) groups is 1. The quantitative estimate of drug-likeness (QED) is 0.569. The van der Waals surface area contributed by atoms with Gasteiger partial charge in [0, 0.05) is 12.2 Å². The Balaban J connectivity index is 2.38. The maximum absolute atomic E-state index is 12.8. The zero-order valence-corrected chi connectivity index (χ0v) is 15.7. The third-order valence-electron chi connectivity index (χ3n) is 3.85. The maximum atomic E-state index is 12.8. The van der Waals surface area contributed by atoms with Crippen LogP contribution in [0.3, 0.4) is 0 Å². The molecule has 3 aromatic rings. The number of nitrogens with zero attached hydrogens (tertiary/aromatic N) is 5. The molecule has 0 saturated heterocycles. The topological polar surface area (TPSA) is 85.8 Å². The molecule has 0 amide bonds. The third kappa shape index (κ3) is 3.07. The SMILES string of the molecule is CSc1ncc2c(=O)n(C(C)C)n(-c3cccc(C(C)(C)O)n3)c2n1. The molecular weight excluding hydrogens is 338 g/mol. The molecule has 7 nitrogen and oxygen atoms in total. The molecule has 0 bridgehead atoms. The molecule has 0 saturated carbocycles.